The van der Waals surface area contributed by atoms with Crippen molar-refractivity contribution >= 4 is 5.97 Å². The summed E-state index contributed by atoms with van der Waals surface area (Å²) in [5.74, 6) is -0.141. The Labute approximate surface area is 98.3 Å². The van der Waals surface area contributed by atoms with Gasteiger partial charge < -0.3 is 15.0 Å². The number of methoxy groups -OCH3 is 1. The van der Waals surface area contributed by atoms with Gasteiger partial charge in [-0.3, -0.25) is 4.79 Å². The number of likely N-dealkylation sites (tertiary alicyclic amines) is 1. The monoisotopic (exact) mass is 228 g/mol. The van der Waals surface area contributed by atoms with Gasteiger partial charge in [-0.05, 0) is 32.9 Å². The van der Waals surface area contributed by atoms with E-state index in [0.29, 0.717) is 6.42 Å². The molecule has 1 aliphatic heterocycles. The minimum absolute atomic E-state index is 0.141. The summed E-state index contributed by atoms with van der Waals surface area (Å²) in [7, 11) is 1.43. The number of esters is 1. The van der Waals surface area contributed by atoms with Gasteiger partial charge in [-0.25, -0.2) is 0 Å². The standard InChI is InChI=1S/C12H24N2O2/c1-11(10-12(15)16-2)13-6-9-14-7-4-3-5-8-14/h11,13H,3-10H2,1-2H3. The molecule has 0 aromatic heterocycles. The maximum Gasteiger partial charge on any atom is 0.307 e. The third-order valence-corrected chi connectivity index (χ3v) is 3.07. The lowest BCUT2D eigenvalue weighted by Crippen LogP contribution is -2.39. The van der Waals surface area contributed by atoms with Crippen LogP contribution in [0.4, 0.5) is 0 Å². The summed E-state index contributed by atoms with van der Waals surface area (Å²) in [5.41, 5.74) is 0. The van der Waals surface area contributed by atoms with Crippen LogP contribution in [0.1, 0.15) is 32.6 Å². The van der Waals surface area contributed by atoms with Gasteiger partial charge in [-0.1, -0.05) is 6.42 Å². The van der Waals surface area contributed by atoms with E-state index in [9.17, 15) is 4.79 Å². The topological polar surface area (TPSA) is 41.6 Å². The molecule has 0 aromatic rings. The van der Waals surface area contributed by atoms with E-state index in [1.165, 1.54) is 39.5 Å². The number of carbonyl (C=O) groups excluding carboxylic acids is 1. The second-order valence-electron chi connectivity index (χ2n) is 4.54. The van der Waals surface area contributed by atoms with Crippen LogP contribution in [0.3, 0.4) is 0 Å². The molecule has 0 saturated carbocycles. The molecule has 1 fully saturated rings. The Hall–Kier alpha value is -0.610. The molecule has 4 nitrogen and oxygen atoms in total. The van der Waals surface area contributed by atoms with Crippen molar-refractivity contribution < 1.29 is 9.53 Å². The van der Waals surface area contributed by atoms with Crippen molar-refractivity contribution in [3.05, 3.63) is 0 Å². The van der Waals surface area contributed by atoms with E-state index in [1.54, 1.807) is 0 Å². The SMILES string of the molecule is COC(=O)CC(C)NCCN1CCCCC1. The molecule has 0 bridgehead atoms. The van der Waals surface area contributed by atoms with Crippen molar-refractivity contribution in [2.24, 2.45) is 0 Å². The Balaban J connectivity index is 2.03. The highest BCUT2D eigenvalue weighted by Gasteiger charge is 2.11. The van der Waals surface area contributed by atoms with Crippen molar-refractivity contribution in [2.75, 3.05) is 33.3 Å². The summed E-state index contributed by atoms with van der Waals surface area (Å²) in [6, 6.07) is 0.206. The Morgan fingerprint density at radius 2 is 2.06 bits per heavy atom. The summed E-state index contributed by atoms with van der Waals surface area (Å²) >= 11 is 0. The molecule has 1 saturated heterocycles. The molecule has 0 aliphatic carbocycles. The van der Waals surface area contributed by atoms with Crippen LogP contribution in [-0.4, -0.2) is 50.2 Å². The van der Waals surface area contributed by atoms with Crippen LogP contribution in [0.2, 0.25) is 0 Å². The molecule has 1 N–H and O–H groups in total. The lowest BCUT2D eigenvalue weighted by molar-refractivity contribution is -0.141. The molecule has 1 unspecified atom stereocenters. The molecule has 94 valence electrons. The molecule has 1 atom stereocenters. The van der Waals surface area contributed by atoms with Crippen LogP contribution in [-0.2, 0) is 9.53 Å². The Bertz CT molecular complexity index is 203. The van der Waals surface area contributed by atoms with Crippen molar-refractivity contribution in [3.8, 4) is 0 Å². The van der Waals surface area contributed by atoms with Gasteiger partial charge in [-0.15, -0.1) is 0 Å². The lowest BCUT2D eigenvalue weighted by atomic mass is 10.1. The molecule has 0 amide bonds. The van der Waals surface area contributed by atoms with Crippen LogP contribution in [0.5, 0.6) is 0 Å². The predicted molar refractivity (Wildman–Crippen MR) is 64.4 cm³/mol. The smallest absolute Gasteiger partial charge is 0.307 e. The highest BCUT2D eigenvalue weighted by Crippen LogP contribution is 2.07. The third-order valence-electron chi connectivity index (χ3n) is 3.07. The fourth-order valence-electron chi connectivity index (χ4n) is 2.06. The van der Waals surface area contributed by atoms with Crippen LogP contribution < -0.4 is 5.32 Å². The Kier molecular flexibility index (Phi) is 6.42. The molecule has 0 radical (unpaired) electrons. The van der Waals surface area contributed by atoms with Gasteiger partial charge in [0, 0.05) is 19.1 Å². The van der Waals surface area contributed by atoms with E-state index in [2.05, 4.69) is 15.0 Å². The number of hydrogen-bond acceptors (Lipinski definition) is 4. The van der Waals surface area contributed by atoms with E-state index < -0.39 is 0 Å². The summed E-state index contributed by atoms with van der Waals surface area (Å²) in [6.07, 6.45) is 4.49. The van der Waals surface area contributed by atoms with E-state index in [4.69, 9.17) is 0 Å². The number of hydrogen-bond donors (Lipinski definition) is 1. The number of ether oxygens (including phenoxy) is 1. The van der Waals surface area contributed by atoms with Crippen molar-refractivity contribution in [1.29, 1.82) is 0 Å². The molecule has 1 heterocycles. The van der Waals surface area contributed by atoms with E-state index in [-0.39, 0.29) is 12.0 Å². The first-order chi connectivity index (χ1) is 7.72. The minimum atomic E-state index is -0.141. The van der Waals surface area contributed by atoms with Crippen molar-refractivity contribution in [3.63, 3.8) is 0 Å². The molecular formula is C12H24N2O2. The number of nitrogens with zero attached hydrogens (tertiary/aromatic N) is 1. The number of nitrogens with one attached hydrogen (secondary N) is 1. The zero-order valence-electron chi connectivity index (χ0n) is 10.5. The fourth-order valence-corrected chi connectivity index (χ4v) is 2.06. The largest absolute Gasteiger partial charge is 0.469 e. The maximum atomic E-state index is 11.0. The fraction of sp³-hybridized carbons (Fsp3) is 0.917. The molecule has 1 aliphatic rings. The van der Waals surface area contributed by atoms with Gasteiger partial charge >= 0.3 is 5.97 Å². The minimum Gasteiger partial charge on any atom is -0.469 e. The van der Waals surface area contributed by atoms with Crippen LogP contribution in [0.15, 0.2) is 0 Å². The van der Waals surface area contributed by atoms with Gasteiger partial charge in [0.05, 0.1) is 13.5 Å². The first-order valence-corrected chi connectivity index (χ1v) is 6.25. The molecular weight excluding hydrogens is 204 g/mol. The Morgan fingerprint density at radius 3 is 2.69 bits per heavy atom. The van der Waals surface area contributed by atoms with Gasteiger partial charge in [0.2, 0.25) is 0 Å². The van der Waals surface area contributed by atoms with Crippen LogP contribution in [0, 0.1) is 0 Å². The van der Waals surface area contributed by atoms with E-state index in [1.807, 2.05) is 6.92 Å². The van der Waals surface area contributed by atoms with Crippen LogP contribution >= 0.6 is 0 Å². The average Bonchev–Trinajstić information content (AvgIpc) is 2.30. The Morgan fingerprint density at radius 1 is 1.38 bits per heavy atom. The van der Waals surface area contributed by atoms with Gasteiger partial charge in [0.1, 0.15) is 0 Å². The second kappa shape index (κ2) is 7.63. The second-order valence-corrected chi connectivity index (χ2v) is 4.54. The van der Waals surface area contributed by atoms with Gasteiger partial charge in [-0.2, -0.15) is 0 Å². The first kappa shape index (κ1) is 13.5. The quantitative estimate of drug-likeness (QED) is 0.689. The van der Waals surface area contributed by atoms with E-state index in [0.717, 1.165) is 13.1 Å². The third kappa shape index (κ3) is 5.47. The first-order valence-electron chi connectivity index (χ1n) is 6.25. The highest BCUT2D eigenvalue weighted by molar-refractivity contribution is 5.69. The highest BCUT2D eigenvalue weighted by atomic mass is 16.5. The molecule has 0 spiro atoms. The summed E-state index contributed by atoms with van der Waals surface area (Å²) in [6.45, 7) is 6.52. The molecule has 0 aromatic carbocycles. The number of carbonyl (C=O) groups is 1. The van der Waals surface area contributed by atoms with E-state index >= 15 is 0 Å². The summed E-state index contributed by atoms with van der Waals surface area (Å²) in [4.78, 5) is 13.5. The van der Waals surface area contributed by atoms with Crippen LogP contribution in [0.25, 0.3) is 0 Å². The number of piperidine rings is 1. The molecule has 1 rings (SSSR count). The zero-order chi connectivity index (χ0) is 11.8. The zero-order valence-corrected chi connectivity index (χ0v) is 10.5. The predicted octanol–water partition coefficient (Wildman–Crippen LogP) is 1.01. The molecule has 16 heavy (non-hydrogen) atoms. The molecule has 4 heteroatoms. The lowest BCUT2D eigenvalue weighted by Gasteiger charge is -2.27. The van der Waals surface area contributed by atoms with Gasteiger partial charge in [0.25, 0.3) is 0 Å². The summed E-state index contributed by atoms with van der Waals surface area (Å²) < 4.78 is 4.63. The van der Waals surface area contributed by atoms with Gasteiger partial charge in [0.15, 0.2) is 0 Å². The van der Waals surface area contributed by atoms with Crippen molar-refractivity contribution in [2.45, 2.75) is 38.6 Å². The normalized spacial score (nSPS) is 19.4. The summed E-state index contributed by atoms with van der Waals surface area (Å²) in [5, 5.41) is 3.35. The average molecular weight is 228 g/mol. The van der Waals surface area contributed by atoms with Crippen molar-refractivity contribution in [1.82, 2.24) is 10.2 Å². The number of rotatable bonds is 6. The maximum absolute atomic E-state index is 11.0.